The average Bonchev–Trinajstić information content (AvgIpc) is 3.11. The first-order chi connectivity index (χ1) is 24.4. The number of carbonyl (C=O) groups is 2. The van der Waals surface area contributed by atoms with E-state index in [9.17, 15) is 36.5 Å². The quantitative estimate of drug-likeness (QED) is 0.0528. The predicted molar refractivity (Wildman–Crippen MR) is 193 cm³/mol. The van der Waals surface area contributed by atoms with Gasteiger partial charge in [0.15, 0.2) is 17.5 Å². The van der Waals surface area contributed by atoms with E-state index in [1.54, 1.807) is 24.3 Å². The molecule has 1 heterocycles. The van der Waals surface area contributed by atoms with Crippen molar-refractivity contribution in [2.24, 2.45) is 0 Å². The van der Waals surface area contributed by atoms with Crippen LogP contribution < -0.4 is 31.6 Å². The molecule has 0 aliphatic carbocycles. The average molecular weight is 826 g/mol. The number of rotatable bonds is 15. The Morgan fingerprint density at radius 2 is 1.33 bits per heavy atom. The normalized spacial score (nSPS) is 11.2. The number of nitrogens with one attached hydrogen (secondary N) is 2. The zero-order chi connectivity index (χ0) is 36.4. The molecule has 270 valence electrons. The summed E-state index contributed by atoms with van der Waals surface area (Å²) < 4.78 is 56.4. The number of aromatic nitrogens is 1. The summed E-state index contributed by atoms with van der Waals surface area (Å²) in [5.41, 5.74) is 0.405. The molecule has 0 spiro atoms. The van der Waals surface area contributed by atoms with Crippen LogP contribution in [0.4, 0.5) is 17.1 Å². The first kappa shape index (κ1) is 39.9. The number of sulfone groups is 1. The number of aryl methyl sites for hydroxylation is 1. The second-order valence-corrected chi connectivity index (χ2v) is 16.1. The second kappa shape index (κ2) is 18.0. The number of benzene rings is 4. The molecule has 0 bridgehead atoms. The van der Waals surface area contributed by atoms with Crippen LogP contribution in [0.3, 0.4) is 0 Å². The number of hydrogen-bond acceptors (Lipinski definition) is 9. The third-order valence-electron chi connectivity index (χ3n) is 7.57. The monoisotopic (exact) mass is 824 g/mol. The van der Waals surface area contributed by atoms with Crippen LogP contribution in [0.5, 0.6) is 0 Å². The predicted octanol–water partition coefficient (Wildman–Crippen LogP) is 3.40. The molecule has 0 radical (unpaired) electrons. The fraction of sp³-hybridized carbons (Fsp3) is 0.139. The standard InChI is InChI=1S/C36H32N4O8S3.BrH/c41-35(14-6-9-25-39-23-7-1-8-24-39)49-34-13-5-3-11-32(34)36(42)37-28-15-19-30(20-16-28)51(47,48)31-21-17-29(18-22-31)38-50(45,46)26-27-10-2-4-12-33(27)40(43)44;/h1-5,7-8,10-13,15-24,38H,6,9,14,25-26H2;1H. The van der Waals surface area contributed by atoms with Crippen LogP contribution in [-0.4, -0.2) is 32.8 Å². The Morgan fingerprint density at radius 1 is 0.731 bits per heavy atom. The zero-order valence-electron chi connectivity index (χ0n) is 27.4. The summed E-state index contributed by atoms with van der Waals surface area (Å²) in [6.45, 7) is 0.807. The van der Waals surface area contributed by atoms with Gasteiger partial charge in [0, 0.05) is 52.9 Å². The van der Waals surface area contributed by atoms with Crippen molar-refractivity contribution < 1.29 is 52.9 Å². The third kappa shape index (κ3) is 10.8. The van der Waals surface area contributed by atoms with Gasteiger partial charge in [-0.15, -0.1) is 0 Å². The van der Waals surface area contributed by atoms with Gasteiger partial charge in [0.25, 0.3) is 11.6 Å². The summed E-state index contributed by atoms with van der Waals surface area (Å²) in [6.07, 6.45) is 5.87. The summed E-state index contributed by atoms with van der Waals surface area (Å²) in [7, 11) is -8.07. The van der Waals surface area contributed by atoms with Crippen molar-refractivity contribution in [2.45, 2.75) is 46.2 Å². The number of amides is 1. The van der Waals surface area contributed by atoms with Crippen LogP contribution in [0.15, 0.2) is 142 Å². The molecule has 0 aliphatic rings. The maximum atomic E-state index is 13.3. The molecular weight excluding hydrogens is 793 g/mol. The Bertz CT molecular complexity index is 2260. The molecule has 4 aromatic carbocycles. The number of nitro groups is 1. The minimum Gasteiger partial charge on any atom is -1.00 e. The van der Waals surface area contributed by atoms with Crippen molar-refractivity contribution in [1.29, 1.82) is 0 Å². The van der Waals surface area contributed by atoms with E-state index >= 15 is 0 Å². The lowest BCUT2D eigenvalue weighted by molar-refractivity contribution is -0.697. The minimum absolute atomic E-state index is 0. The number of unbranched alkanes of at least 4 members (excludes halogenated alkanes) is 1. The molecule has 0 saturated heterocycles. The van der Waals surface area contributed by atoms with Gasteiger partial charge < -0.3 is 22.3 Å². The van der Waals surface area contributed by atoms with Crippen LogP contribution in [0.2, 0.25) is 0 Å². The van der Waals surface area contributed by atoms with E-state index < -0.39 is 36.4 Å². The Balaban J connectivity index is 0.00000605. The molecule has 16 heteroatoms. The van der Waals surface area contributed by atoms with Gasteiger partial charge in [-0.05, 0) is 67.1 Å². The lowest BCUT2D eigenvalue weighted by Crippen LogP contribution is -3.00. The number of halogens is 1. The van der Waals surface area contributed by atoms with Crippen LogP contribution >= 0.6 is 11.8 Å². The molecule has 0 saturated carbocycles. The summed E-state index contributed by atoms with van der Waals surface area (Å²) in [5.74, 6) is -1.10. The van der Waals surface area contributed by atoms with Crippen LogP contribution in [0.1, 0.15) is 35.2 Å². The van der Waals surface area contributed by atoms with Gasteiger partial charge >= 0.3 is 0 Å². The lowest BCUT2D eigenvalue weighted by Gasteiger charge is -2.11. The van der Waals surface area contributed by atoms with E-state index in [4.69, 9.17) is 0 Å². The largest absolute Gasteiger partial charge is 1.00 e. The molecule has 0 aliphatic heterocycles. The molecule has 0 atom stereocenters. The first-order valence-electron chi connectivity index (χ1n) is 15.6. The van der Waals surface area contributed by atoms with E-state index in [0.717, 1.165) is 24.7 Å². The van der Waals surface area contributed by atoms with Crippen molar-refractivity contribution in [2.75, 3.05) is 10.0 Å². The molecule has 0 fully saturated rings. The number of nitro benzene ring substituents is 1. The number of carbonyl (C=O) groups excluding carboxylic acids is 2. The summed E-state index contributed by atoms with van der Waals surface area (Å²) >= 11 is 1.02. The maximum Gasteiger partial charge on any atom is 0.273 e. The lowest BCUT2D eigenvalue weighted by atomic mass is 10.2. The fourth-order valence-electron chi connectivity index (χ4n) is 5.05. The van der Waals surface area contributed by atoms with E-state index in [1.165, 1.54) is 72.8 Å². The Hall–Kier alpha value is -4.90. The Labute approximate surface area is 316 Å². The molecule has 1 amide bonds. The molecule has 12 nitrogen and oxygen atoms in total. The highest BCUT2D eigenvalue weighted by molar-refractivity contribution is 8.13. The van der Waals surface area contributed by atoms with Gasteiger partial charge in [0.2, 0.25) is 19.9 Å². The van der Waals surface area contributed by atoms with Gasteiger partial charge in [-0.2, -0.15) is 0 Å². The number of pyridine rings is 1. The van der Waals surface area contributed by atoms with E-state index in [-0.39, 0.29) is 48.8 Å². The van der Waals surface area contributed by atoms with Crippen LogP contribution in [0, 0.1) is 10.1 Å². The Kier molecular flexibility index (Phi) is 13.8. The molecule has 5 rings (SSSR count). The highest BCUT2D eigenvalue weighted by Crippen LogP contribution is 2.28. The van der Waals surface area contributed by atoms with Crippen molar-refractivity contribution in [3.63, 3.8) is 0 Å². The molecule has 2 N–H and O–H groups in total. The van der Waals surface area contributed by atoms with Gasteiger partial charge in [-0.25, -0.2) is 21.4 Å². The number of nitrogens with zero attached hydrogens (tertiary/aromatic N) is 2. The number of thioether (sulfide) groups is 1. The summed E-state index contributed by atoms with van der Waals surface area (Å²) in [5, 5.41) is 14.0. The summed E-state index contributed by atoms with van der Waals surface area (Å²) in [4.78, 5) is 36.8. The van der Waals surface area contributed by atoms with Gasteiger partial charge in [0.1, 0.15) is 12.3 Å². The molecule has 52 heavy (non-hydrogen) atoms. The van der Waals surface area contributed by atoms with E-state index in [2.05, 4.69) is 14.6 Å². The van der Waals surface area contributed by atoms with E-state index in [1.807, 2.05) is 30.6 Å². The molecule has 5 aromatic rings. The first-order valence-corrected chi connectivity index (χ1v) is 19.6. The summed E-state index contributed by atoms with van der Waals surface area (Å²) in [6, 6.07) is 28.7. The van der Waals surface area contributed by atoms with Crippen LogP contribution in [-0.2, 0) is 37.0 Å². The Morgan fingerprint density at radius 3 is 1.98 bits per heavy atom. The van der Waals surface area contributed by atoms with Crippen molar-refractivity contribution >= 4 is 59.7 Å². The highest BCUT2D eigenvalue weighted by Gasteiger charge is 2.22. The second-order valence-electron chi connectivity index (χ2n) is 11.3. The highest BCUT2D eigenvalue weighted by atomic mass is 79.9. The molecule has 1 aromatic heterocycles. The maximum absolute atomic E-state index is 13.3. The minimum atomic E-state index is -4.06. The van der Waals surface area contributed by atoms with Crippen molar-refractivity contribution in [3.05, 3.63) is 149 Å². The van der Waals surface area contributed by atoms with E-state index in [0.29, 0.717) is 29.0 Å². The fourth-order valence-corrected chi connectivity index (χ4v) is 8.44. The molecule has 0 unspecified atom stereocenters. The van der Waals surface area contributed by atoms with Gasteiger partial charge in [-0.3, -0.25) is 24.4 Å². The number of anilines is 2. The molecular formula is C36H33BrN4O8S3. The van der Waals surface area contributed by atoms with Crippen LogP contribution in [0.25, 0.3) is 0 Å². The number of hydrogen-bond donors (Lipinski definition) is 2. The van der Waals surface area contributed by atoms with Crippen molar-refractivity contribution in [1.82, 2.24) is 0 Å². The third-order valence-corrected chi connectivity index (χ3v) is 11.6. The SMILES string of the molecule is O=C(CCCC[n+]1ccccc1)Sc1ccccc1C(=O)Nc1ccc(S(=O)(=O)c2ccc(NS(=O)(=O)Cc3ccccc3[N+](=O)[O-])cc2)cc1.[Br-]. The van der Waals surface area contributed by atoms with Gasteiger partial charge in [-0.1, -0.05) is 48.2 Å². The topological polar surface area (TPSA) is 173 Å². The van der Waals surface area contributed by atoms with Crippen molar-refractivity contribution in [3.8, 4) is 0 Å². The smallest absolute Gasteiger partial charge is 0.273 e. The van der Waals surface area contributed by atoms with Gasteiger partial charge in [0.05, 0.1) is 20.3 Å². The number of sulfonamides is 1. The zero-order valence-corrected chi connectivity index (χ0v) is 31.5. The number of para-hydroxylation sites is 1.